The molecule has 21 heavy (non-hydrogen) atoms. The Labute approximate surface area is 125 Å². The molecule has 0 aromatic heterocycles. The summed E-state index contributed by atoms with van der Waals surface area (Å²) in [5.41, 5.74) is 1.65. The number of hydrogen-bond donors (Lipinski definition) is 1. The molecule has 4 heteroatoms. The molecular weight excluding hydrogens is 264 g/mol. The maximum Gasteiger partial charge on any atom is 0.249 e. The Hall–Kier alpha value is -1.84. The minimum absolute atomic E-state index is 0.0231. The molecule has 4 nitrogen and oxygen atoms in total. The lowest BCUT2D eigenvalue weighted by molar-refractivity contribution is -0.152. The Kier molecular flexibility index (Phi) is 3.70. The van der Waals surface area contributed by atoms with Gasteiger partial charge in [-0.3, -0.25) is 9.59 Å². The zero-order valence-corrected chi connectivity index (χ0v) is 12.5. The second kappa shape index (κ2) is 5.51. The maximum atomic E-state index is 12.9. The van der Waals surface area contributed by atoms with E-state index in [1.54, 1.807) is 4.90 Å². The Morgan fingerprint density at radius 1 is 1.14 bits per heavy atom. The van der Waals surface area contributed by atoms with Crippen molar-refractivity contribution in [3.8, 4) is 0 Å². The third kappa shape index (κ3) is 2.67. The van der Waals surface area contributed by atoms with Crippen molar-refractivity contribution in [2.75, 3.05) is 6.54 Å². The van der Waals surface area contributed by atoms with Crippen LogP contribution in [0.4, 0.5) is 0 Å². The number of hydrogen-bond acceptors (Lipinski definition) is 2. The second-order valence-corrected chi connectivity index (χ2v) is 6.28. The first-order valence-corrected chi connectivity index (χ1v) is 7.76. The van der Waals surface area contributed by atoms with Crippen LogP contribution >= 0.6 is 0 Å². The second-order valence-electron chi connectivity index (χ2n) is 6.28. The van der Waals surface area contributed by atoms with E-state index < -0.39 is 5.54 Å². The fourth-order valence-electron chi connectivity index (χ4n) is 3.52. The summed E-state index contributed by atoms with van der Waals surface area (Å²) in [7, 11) is 0. The normalized spacial score (nSPS) is 21.5. The molecule has 1 aromatic rings. The Morgan fingerprint density at radius 2 is 1.86 bits per heavy atom. The van der Waals surface area contributed by atoms with E-state index in [2.05, 4.69) is 5.32 Å². The molecule has 0 atom stereocenters. The predicted molar refractivity (Wildman–Crippen MR) is 80.6 cm³/mol. The van der Waals surface area contributed by atoms with E-state index >= 15 is 0 Å². The van der Waals surface area contributed by atoms with Crippen LogP contribution in [-0.4, -0.2) is 28.8 Å². The largest absolute Gasteiger partial charge is 0.340 e. The van der Waals surface area contributed by atoms with Gasteiger partial charge in [0.15, 0.2) is 0 Å². The maximum absolute atomic E-state index is 12.9. The van der Waals surface area contributed by atoms with Gasteiger partial charge in [0.25, 0.3) is 0 Å². The summed E-state index contributed by atoms with van der Waals surface area (Å²) in [6, 6.07) is 8.04. The van der Waals surface area contributed by atoms with Crippen LogP contribution in [-0.2, 0) is 16.1 Å². The lowest BCUT2D eigenvalue weighted by Gasteiger charge is -2.44. The molecule has 0 unspecified atom stereocenters. The van der Waals surface area contributed by atoms with Gasteiger partial charge in [-0.1, -0.05) is 43.5 Å². The van der Waals surface area contributed by atoms with Crippen LogP contribution in [0.2, 0.25) is 0 Å². The lowest BCUT2D eigenvalue weighted by atomic mass is 9.79. The summed E-state index contributed by atoms with van der Waals surface area (Å²) < 4.78 is 0. The molecule has 1 aliphatic carbocycles. The van der Waals surface area contributed by atoms with Gasteiger partial charge >= 0.3 is 0 Å². The molecule has 3 rings (SSSR count). The zero-order chi connectivity index (χ0) is 14.9. The Morgan fingerprint density at radius 3 is 2.57 bits per heavy atom. The summed E-state index contributed by atoms with van der Waals surface area (Å²) in [5, 5.41) is 2.98. The first kappa shape index (κ1) is 14.1. The van der Waals surface area contributed by atoms with E-state index in [1.165, 1.54) is 0 Å². The number of carbonyl (C=O) groups excluding carboxylic acids is 2. The lowest BCUT2D eigenvalue weighted by Crippen LogP contribution is -2.66. The van der Waals surface area contributed by atoms with Gasteiger partial charge in [-0.05, 0) is 30.9 Å². The Bertz CT molecular complexity index is 562. The zero-order valence-electron chi connectivity index (χ0n) is 12.5. The first-order chi connectivity index (χ1) is 10.1. The topological polar surface area (TPSA) is 49.4 Å². The first-order valence-electron chi connectivity index (χ1n) is 7.76. The number of rotatable bonds is 2. The summed E-state index contributed by atoms with van der Waals surface area (Å²) >= 11 is 0. The molecule has 0 radical (unpaired) electrons. The quantitative estimate of drug-likeness (QED) is 0.905. The number of benzene rings is 1. The monoisotopic (exact) mass is 286 g/mol. The van der Waals surface area contributed by atoms with Gasteiger partial charge in [-0.25, -0.2) is 0 Å². The standard InChI is InChI=1S/C17H22N2O2/c1-13-7-3-4-8-14(13)11-19-12-15(20)18-17(16(19)21)9-5-2-6-10-17/h3-4,7-8H,2,5-6,9-12H2,1H3,(H,18,20). The highest BCUT2D eigenvalue weighted by Crippen LogP contribution is 2.32. The predicted octanol–water partition coefficient (Wildman–Crippen LogP) is 2.16. The molecule has 2 amide bonds. The minimum Gasteiger partial charge on any atom is -0.340 e. The van der Waals surface area contributed by atoms with Crippen molar-refractivity contribution >= 4 is 11.8 Å². The highest BCUT2D eigenvalue weighted by atomic mass is 16.2. The smallest absolute Gasteiger partial charge is 0.249 e. The van der Waals surface area contributed by atoms with Crippen LogP contribution in [0, 0.1) is 6.92 Å². The SMILES string of the molecule is Cc1ccccc1CN1CC(=O)NC2(CCCCC2)C1=O. The highest BCUT2D eigenvalue weighted by molar-refractivity contribution is 5.98. The third-order valence-corrected chi connectivity index (χ3v) is 4.74. The van der Waals surface area contributed by atoms with E-state index in [-0.39, 0.29) is 18.4 Å². The number of nitrogens with zero attached hydrogens (tertiary/aromatic N) is 1. The summed E-state index contributed by atoms with van der Waals surface area (Å²) in [6.07, 6.45) is 4.75. The summed E-state index contributed by atoms with van der Waals surface area (Å²) in [4.78, 5) is 26.7. The molecule has 2 aliphatic rings. The van der Waals surface area contributed by atoms with Crippen LogP contribution in [0.3, 0.4) is 0 Å². The van der Waals surface area contributed by atoms with Crippen LogP contribution in [0.25, 0.3) is 0 Å². The molecular formula is C17H22N2O2. The molecule has 1 saturated carbocycles. The third-order valence-electron chi connectivity index (χ3n) is 4.74. The molecule has 1 heterocycles. The summed E-state index contributed by atoms with van der Waals surface area (Å²) in [6.45, 7) is 2.75. The van der Waals surface area contributed by atoms with E-state index in [0.717, 1.165) is 43.2 Å². The van der Waals surface area contributed by atoms with Crippen molar-refractivity contribution in [1.29, 1.82) is 0 Å². The van der Waals surface area contributed by atoms with Gasteiger partial charge in [-0.2, -0.15) is 0 Å². The van der Waals surface area contributed by atoms with Crippen molar-refractivity contribution in [2.24, 2.45) is 0 Å². The molecule has 1 aromatic carbocycles. The fourth-order valence-corrected chi connectivity index (χ4v) is 3.52. The number of nitrogens with one attached hydrogen (secondary N) is 1. The summed E-state index contributed by atoms with van der Waals surface area (Å²) in [5.74, 6) is 0.0788. The molecule has 1 saturated heterocycles. The number of carbonyl (C=O) groups is 2. The van der Waals surface area contributed by atoms with Crippen molar-refractivity contribution in [3.05, 3.63) is 35.4 Å². The highest BCUT2D eigenvalue weighted by Gasteiger charge is 2.46. The van der Waals surface area contributed by atoms with Gasteiger partial charge in [0, 0.05) is 6.54 Å². The molecule has 112 valence electrons. The van der Waals surface area contributed by atoms with E-state index in [4.69, 9.17) is 0 Å². The Balaban J connectivity index is 1.83. The van der Waals surface area contributed by atoms with Crippen molar-refractivity contribution < 1.29 is 9.59 Å². The van der Waals surface area contributed by atoms with Crippen molar-refractivity contribution in [3.63, 3.8) is 0 Å². The minimum atomic E-state index is -0.629. The fraction of sp³-hybridized carbons (Fsp3) is 0.529. The molecule has 1 spiro atoms. The van der Waals surface area contributed by atoms with Gasteiger partial charge in [0.05, 0.1) is 6.54 Å². The van der Waals surface area contributed by atoms with Gasteiger partial charge in [-0.15, -0.1) is 0 Å². The van der Waals surface area contributed by atoms with E-state index in [9.17, 15) is 9.59 Å². The van der Waals surface area contributed by atoms with E-state index in [0.29, 0.717) is 6.54 Å². The van der Waals surface area contributed by atoms with Gasteiger partial charge in [0.1, 0.15) is 5.54 Å². The average molecular weight is 286 g/mol. The number of amides is 2. The average Bonchev–Trinajstić information content (AvgIpc) is 2.47. The van der Waals surface area contributed by atoms with Crippen LogP contribution in [0.5, 0.6) is 0 Å². The molecule has 1 aliphatic heterocycles. The number of aryl methyl sites for hydroxylation is 1. The number of piperazine rings is 1. The van der Waals surface area contributed by atoms with Crippen molar-refractivity contribution in [1.82, 2.24) is 10.2 Å². The van der Waals surface area contributed by atoms with Gasteiger partial charge < -0.3 is 10.2 Å². The van der Waals surface area contributed by atoms with Crippen molar-refractivity contribution in [2.45, 2.75) is 51.1 Å². The molecule has 0 bridgehead atoms. The van der Waals surface area contributed by atoms with Crippen LogP contribution in [0.15, 0.2) is 24.3 Å². The molecule has 1 N–H and O–H groups in total. The van der Waals surface area contributed by atoms with Crippen LogP contribution < -0.4 is 5.32 Å². The van der Waals surface area contributed by atoms with Crippen LogP contribution in [0.1, 0.15) is 43.2 Å². The van der Waals surface area contributed by atoms with Gasteiger partial charge in [0.2, 0.25) is 11.8 Å². The molecule has 2 fully saturated rings. The van der Waals surface area contributed by atoms with E-state index in [1.807, 2.05) is 31.2 Å².